The van der Waals surface area contributed by atoms with Crippen LogP contribution in [-0.2, 0) is 11.8 Å². The summed E-state index contributed by atoms with van der Waals surface area (Å²) in [6.07, 6.45) is 0. The zero-order valence-electron chi connectivity index (χ0n) is 14.1. The third kappa shape index (κ3) is 4.08. The van der Waals surface area contributed by atoms with Crippen LogP contribution in [0.5, 0.6) is 5.75 Å². The van der Waals surface area contributed by atoms with Crippen LogP contribution in [0.2, 0.25) is 5.02 Å². The van der Waals surface area contributed by atoms with E-state index in [4.69, 9.17) is 16.3 Å². The largest absolute Gasteiger partial charge is 0.482 e. The predicted octanol–water partition coefficient (Wildman–Crippen LogP) is 2.71. The van der Waals surface area contributed by atoms with E-state index in [1.807, 2.05) is 20.0 Å². The summed E-state index contributed by atoms with van der Waals surface area (Å²) in [6, 6.07) is 8.52. The minimum Gasteiger partial charge on any atom is -0.482 e. The summed E-state index contributed by atoms with van der Waals surface area (Å²) in [5.74, 6) is 0.000205. The molecule has 0 saturated carbocycles. The molecule has 6 nitrogen and oxygen atoms in total. The fraction of sp³-hybridized carbons (Fsp3) is 0.294. The molecule has 0 aliphatic carbocycles. The van der Waals surface area contributed by atoms with Gasteiger partial charge < -0.3 is 19.5 Å². The van der Waals surface area contributed by atoms with Gasteiger partial charge in [0.2, 0.25) is 0 Å². The molecule has 0 aliphatic rings. The number of benzene rings is 1. The molecule has 0 unspecified atom stereocenters. The number of nitrogens with zero attached hydrogens (tertiary/aromatic N) is 2. The van der Waals surface area contributed by atoms with Crippen LogP contribution in [-0.4, -0.2) is 42.0 Å². The van der Waals surface area contributed by atoms with Crippen molar-refractivity contribution in [2.45, 2.75) is 6.92 Å². The molecule has 2 rings (SSSR count). The van der Waals surface area contributed by atoms with Crippen molar-refractivity contribution in [3.8, 4) is 5.75 Å². The van der Waals surface area contributed by atoms with E-state index in [0.29, 0.717) is 22.2 Å². The standard InChI is InChI=1S/C17H20ClN3O3/c1-11-5-7-14(21(11)4)17(23)19-12-6-8-15(13(18)9-12)24-10-16(22)20(2)3/h5-9H,10H2,1-4H3,(H,19,23). The second kappa shape index (κ2) is 7.40. The maximum absolute atomic E-state index is 12.3. The van der Waals surface area contributed by atoms with Crippen molar-refractivity contribution < 1.29 is 14.3 Å². The lowest BCUT2D eigenvalue weighted by Gasteiger charge is -2.13. The molecule has 0 saturated heterocycles. The van der Waals surface area contributed by atoms with Gasteiger partial charge in [0, 0.05) is 32.5 Å². The van der Waals surface area contributed by atoms with Crippen LogP contribution in [0.15, 0.2) is 30.3 Å². The highest BCUT2D eigenvalue weighted by molar-refractivity contribution is 6.32. The Balaban J connectivity index is 2.05. The number of halogens is 1. The first-order valence-electron chi connectivity index (χ1n) is 7.35. The summed E-state index contributed by atoms with van der Waals surface area (Å²) in [6.45, 7) is 1.83. The molecule has 1 heterocycles. The summed E-state index contributed by atoms with van der Waals surface area (Å²) in [5.41, 5.74) is 2.10. The number of hydrogen-bond acceptors (Lipinski definition) is 3. The molecule has 0 bridgehead atoms. The van der Waals surface area contributed by atoms with Gasteiger partial charge in [-0.3, -0.25) is 9.59 Å². The van der Waals surface area contributed by atoms with Crippen LogP contribution in [0.4, 0.5) is 5.69 Å². The topological polar surface area (TPSA) is 63.6 Å². The second-order valence-corrected chi connectivity index (χ2v) is 6.00. The maximum atomic E-state index is 12.3. The maximum Gasteiger partial charge on any atom is 0.272 e. The minimum atomic E-state index is -0.224. The summed E-state index contributed by atoms with van der Waals surface area (Å²) in [4.78, 5) is 25.2. The molecule has 2 aromatic rings. The molecule has 0 aliphatic heterocycles. The molecule has 0 radical (unpaired) electrons. The second-order valence-electron chi connectivity index (χ2n) is 5.60. The Morgan fingerprint density at radius 1 is 1.25 bits per heavy atom. The molecular formula is C17H20ClN3O3. The van der Waals surface area contributed by atoms with Crippen molar-refractivity contribution >= 4 is 29.1 Å². The number of aromatic nitrogens is 1. The zero-order chi connectivity index (χ0) is 17.9. The number of ether oxygens (including phenoxy) is 1. The summed E-state index contributed by atoms with van der Waals surface area (Å²) >= 11 is 6.15. The average Bonchev–Trinajstić information content (AvgIpc) is 2.85. The van der Waals surface area contributed by atoms with Gasteiger partial charge in [-0.2, -0.15) is 0 Å². The number of anilines is 1. The van der Waals surface area contributed by atoms with E-state index in [0.717, 1.165) is 5.69 Å². The van der Waals surface area contributed by atoms with Crippen LogP contribution in [0.3, 0.4) is 0 Å². The Hall–Kier alpha value is -2.47. The molecule has 1 aromatic heterocycles. The van der Waals surface area contributed by atoms with Crippen LogP contribution >= 0.6 is 11.6 Å². The third-order valence-electron chi connectivity index (χ3n) is 3.65. The van der Waals surface area contributed by atoms with Gasteiger partial charge in [-0.15, -0.1) is 0 Å². The Morgan fingerprint density at radius 3 is 2.50 bits per heavy atom. The number of carbonyl (C=O) groups excluding carboxylic acids is 2. The van der Waals surface area contributed by atoms with Gasteiger partial charge in [0.1, 0.15) is 11.4 Å². The van der Waals surface area contributed by atoms with Gasteiger partial charge in [0.05, 0.1) is 5.02 Å². The highest BCUT2D eigenvalue weighted by Gasteiger charge is 2.13. The van der Waals surface area contributed by atoms with E-state index >= 15 is 0 Å². The number of aryl methyl sites for hydroxylation is 1. The number of hydrogen-bond donors (Lipinski definition) is 1. The zero-order valence-corrected chi connectivity index (χ0v) is 14.8. The van der Waals surface area contributed by atoms with Gasteiger partial charge >= 0.3 is 0 Å². The number of rotatable bonds is 5. The average molecular weight is 350 g/mol. The van der Waals surface area contributed by atoms with Gasteiger partial charge in [-0.05, 0) is 37.3 Å². The first-order chi connectivity index (χ1) is 11.3. The van der Waals surface area contributed by atoms with Gasteiger partial charge in [-0.25, -0.2) is 0 Å². The Bertz CT molecular complexity index is 768. The first kappa shape index (κ1) is 17.9. The van der Waals surface area contributed by atoms with E-state index < -0.39 is 0 Å². The molecule has 0 spiro atoms. The third-order valence-corrected chi connectivity index (χ3v) is 3.94. The van der Waals surface area contributed by atoms with E-state index in [-0.39, 0.29) is 18.4 Å². The highest BCUT2D eigenvalue weighted by atomic mass is 35.5. The van der Waals surface area contributed by atoms with Gasteiger partial charge in [0.15, 0.2) is 6.61 Å². The molecule has 2 amide bonds. The molecular weight excluding hydrogens is 330 g/mol. The van der Waals surface area contributed by atoms with E-state index in [1.54, 1.807) is 42.9 Å². The molecule has 128 valence electrons. The van der Waals surface area contributed by atoms with Crippen molar-refractivity contribution in [3.63, 3.8) is 0 Å². The summed E-state index contributed by atoms with van der Waals surface area (Å²) in [5, 5.41) is 3.11. The normalized spacial score (nSPS) is 10.4. The number of carbonyl (C=O) groups is 2. The number of nitrogens with one attached hydrogen (secondary N) is 1. The number of amides is 2. The van der Waals surface area contributed by atoms with Crippen LogP contribution in [0.1, 0.15) is 16.2 Å². The van der Waals surface area contributed by atoms with Crippen molar-refractivity contribution in [1.82, 2.24) is 9.47 Å². The van der Waals surface area contributed by atoms with Crippen molar-refractivity contribution in [1.29, 1.82) is 0 Å². The highest BCUT2D eigenvalue weighted by Crippen LogP contribution is 2.28. The summed E-state index contributed by atoms with van der Waals surface area (Å²) < 4.78 is 7.19. The fourth-order valence-electron chi connectivity index (χ4n) is 2.00. The fourth-order valence-corrected chi connectivity index (χ4v) is 2.24. The first-order valence-corrected chi connectivity index (χ1v) is 7.73. The van der Waals surface area contributed by atoms with Crippen LogP contribution < -0.4 is 10.1 Å². The van der Waals surface area contributed by atoms with Gasteiger partial charge in [0.25, 0.3) is 11.8 Å². The Kier molecular flexibility index (Phi) is 5.51. The van der Waals surface area contributed by atoms with Crippen molar-refractivity contribution in [2.75, 3.05) is 26.0 Å². The quantitative estimate of drug-likeness (QED) is 0.902. The molecule has 7 heteroatoms. The van der Waals surface area contributed by atoms with E-state index in [2.05, 4.69) is 5.32 Å². The molecule has 0 fully saturated rings. The lowest BCUT2D eigenvalue weighted by atomic mass is 10.3. The van der Waals surface area contributed by atoms with Gasteiger partial charge in [-0.1, -0.05) is 11.6 Å². The number of likely N-dealkylation sites (N-methyl/N-ethyl adjacent to an activating group) is 1. The lowest BCUT2D eigenvalue weighted by Crippen LogP contribution is -2.27. The van der Waals surface area contributed by atoms with Crippen molar-refractivity contribution in [2.24, 2.45) is 7.05 Å². The predicted molar refractivity (Wildman–Crippen MR) is 93.7 cm³/mol. The monoisotopic (exact) mass is 349 g/mol. The van der Waals surface area contributed by atoms with Crippen LogP contribution in [0.25, 0.3) is 0 Å². The van der Waals surface area contributed by atoms with Crippen LogP contribution in [0, 0.1) is 6.92 Å². The minimum absolute atomic E-state index is 0.0962. The van der Waals surface area contributed by atoms with E-state index in [1.165, 1.54) is 4.90 Å². The molecule has 0 atom stereocenters. The Morgan fingerprint density at radius 2 is 1.96 bits per heavy atom. The molecule has 1 aromatic carbocycles. The molecule has 24 heavy (non-hydrogen) atoms. The lowest BCUT2D eigenvalue weighted by molar-refractivity contribution is -0.130. The Labute approximate surface area is 146 Å². The SMILES string of the molecule is Cc1ccc(C(=O)Nc2ccc(OCC(=O)N(C)C)c(Cl)c2)n1C. The smallest absolute Gasteiger partial charge is 0.272 e. The summed E-state index contributed by atoms with van der Waals surface area (Å²) in [7, 11) is 5.13. The van der Waals surface area contributed by atoms with E-state index in [9.17, 15) is 9.59 Å². The molecule has 1 N–H and O–H groups in total. The van der Waals surface area contributed by atoms with Crippen molar-refractivity contribution in [3.05, 3.63) is 46.7 Å².